The van der Waals surface area contributed by atoms with Gasteiger partial charge in [-0.1, -0.05) is 18.9 Å². The van der Waals surface area contributed by atoms with Crippen LogP contribution in [0.5, 0.6) is 0 Å². The van der Waals surface area contributed by atoms with Crippen LogP contribution < -0.4 is 10.5 Å². The van der Waals surface area contributed by atoms with Crippen LogP contribution in [-0.2, 0) is 20.0 Å². The van der Waals surface area contributed by atoms with Gasteiger partial charge in [0.15, 0.2) is 0 Å². The molecule has 1 saturated heterocycles. The lowest BCUT2D eigenvalue weighted by Crippen LogP contribution is -2.32. The highest BCUT2D eigenvalue weighted by Gasteiger charge is 2.26. The molecule has 0 spiro atoms. The number of nitrogens with two attached hydrogens (primary N) is 1. The minimum Gasteiger partial charge on any atom is -0.330 e. The number of benzene rings is 1. The number of nitrogens with zero attached hydrogens (tertiary/aromatic N) is 1. The van der Waals surface area contributed by atoms with Crippen LogP contribution in [0.2, 0.25) is 0 Å². The minimum absolute atomic E-state index is 0. The number of nitrogens with one attached hydrogen (secondary N) is 1. The van der Waals surface area contributed by atoms with E-state index in [-0.39, 0.29) is 28.7 Å². The van der Waals surface area contributed by atoms with E-state index in [0.717, 1.165) is 25.7 Å². The van der Waals surface area contributed by atoms with Gasteiger partial charge in [-0.3, -0.25) is 0 Å². The van der Waals surface area contributed by atoms with E-state index in [1.54, 1.807) is 0 Å². The maximum Gasteiger partial charge on any atom is 0.243 e. The summed E-state index contributed by atoms with van der Waals surface area (Å²) in [7, 11) is -7.41. The smallest absolute Gasteiger partial charge is 0.243 e. The fourth-order valence-corrected chi connectivity index (χ4v) is 5.38. The molecule has 1 aliphatic heterocycles. The third-order valence-corrected chi connectivity index (χ3v) is 7.34. The van der Waals surface area contributed by atoms with Crippen LogP contribution in [0.15, 0.2) is 34.1 Å². The molecular weight excluding hydrogens is 386 g/mol. The lowest BCUT2D eigenvalue weighted by molar-refractivity contribution is 0.423. The monoisotopic (exact) mass is 411 g/mol. The number of rotatable bonds is 7. The molecule has 3 N–H and O–H groups in total. The van der Waals surface area contributed by atoms with Crippen molar-refractivity contribution in [1.82, 2.24) is 9.03 Å². The molecule has 1 aromatic rings. The third-order valence-electron chi connectivity index (χ3n) is 3.99. The van der Waals surface area contributed by atoms with E-state index >= 15 is 0 Å². The molecule has 0 aliphatic carbocycles. The van der Waals surface area contributed by atoms with Crippen molar-refractivity contribution in [3.05, 3.63) is 24.3 Å². The van der Waals surface area contributed by atoms with Crippen molar-refractivity contribution in [3.63, 3.8) is 0 Å². The zero-order valence-corrected chi connectivity index (χ0v) is 16.5. The zero-order valence-electron chi connectivity index (χ0n) is 14.1. The van der Waals surface area contributed by atoms with Gasteiger partial charge in [0.05, 0.1) is 9.79 Å². The summed E-state index contributed by atoms with van der Waals surface area (Å²) in [6.07, 6.45) is 4.22. The fraction of sp³-hybridized carbons (Fsp3) is 0.600. The summed E-state index contributed by atoms with van der Waals surface area (Å²) in [5.74, 6) is 0. The van der Waals surface area contributed by atoms with Crippen molar-refractivity contribution in [3.8, 4) is 0 Å². The van der Waals surface area contributed by atoms with Crippen LogP contribution in [0.3, 0.4) is 0 Å². The van der Waals surface area contributed by atoms with Gasteiger partial charge in [0, 0.05) is 19.6 Å². The predicted octanol–water partition coefficient (Wildman–Crippen LogP) is 1.30. The van der Waals surface area contributed by atoms with E-state index in [1.165, 1.54) is 28.6 Å². The molecular formula is C15H26ClN3O4S2. The molecule has 0 unspecified atom stereocenters. The van der Waals surface area contributed by atoms with Gasteiger partial charge >= 0.3 is 0 Å². The molecule has 0 aromatic heterocycles. The van der Waals surface area contributed by atoms with E-state index in [4.69, 9.17) is 5.73 Å². The normalized spacial score (nSPS) is 16.8. The molecule has 0 atom stereocenters. The van der Waals surface area contributed by atoms with Crippen LogP contribution in [-0.4, -0.2) is 47.3 Å². The topological polar surface area (TPSA) is 110 Å². The first-order chi connectivity index (χ1) is 11.4. The predicted molar refractivity (Wildman–Crippen MR) is 99.8 cm³/mol. The van der Waals surface area contributed by atoms with E-state index in [2.05, 4.69) is 4.72 Å². The maximum absolute atomic E-state index is 12.8. The Hall–Kier alpha value is -0.710. The quantitative estimate of drug-likeness (QED) is 0.657. The summed E-state index contributed by atoms with van der Waals surface area (Å²) in [5.41, 5.74) is 5.35. The number of sulfonamides is 2. The summed E-state index contributed by atoms with van der Waals surface area (Å²) in [6, 6.07) is 5.53. The lowest BCUT2D eigenvalue weighted by Gasteiger charge is -2.20. The number of hydrogen-bond acceptors (Lipinski definition) is 5. The van der Waals surface area contributed by atoms with Gasteiger partial charge in [-0.2, -0.15) is 4.31 Å². The van der Waals surface area contributed by atoms with Crippen molar-refractivity contribution in [2.24, 2.45) is 5.73 Å². The first-order valence-electron chi connectivity index (χ1n) is 8.18. The van der Waals surface area contributed by atoms with E-state index in [1.807, 2.05) is 0 Å². The Morgan fingerprint density at radius 3 is 2.20 bits per heavy atom. The highest BCUT2D eigenvalue weighted by atomic mass is 35.5. The number of hydrogen-bond donors (Lipinski definition) is 2. The molecule has 1 heterocycles. The van der Waals surface area contributed by atoms with Gasteiger partial charge in [-0.15, -0.1) is 12.4 Å². The van der Waals surface area contributed by atoms with E-state index < -0.39 is 20.0 Å². The largest absolute Gasteiger partial charge is 0.330 e. The Morgan fingerprint density at radius 2 is 1.60 bits per heavy atom. The molecule has 0 amide bonds. The van der Waals surface area contributed by atoms with Crippen molar-refractivity contribution < 1.29 is 16.8 Å². The van der Waals surface area contributed by atoms with E-state index in [0.29, 0.717) is 26.1 Å². The molecule has 1 aromatic carbocycles. The molecule has 0 bridgehead atoms. The van der Waals surface area contributed by atoms with Gasteiger partial charge in [0.2, 0.25) is 20.0 Å². The second-order valence-electron chi connectivity index (χ2n) is 5.83. The molecule has 1 aliphatic rings. The SMILES string of the molecule is Cl.NCCCNS(=O)(=O)c1cccc(S(=O)(=O)N2CCCCCC2)c1. The van der Waals surface area contributed by atoms with E-state index in [9.17, 15) is 16.8 Å². The van der Waals surface area contributed by atoms with Gasteiger partial charge in [0.25, 0.3) is 0 Å². The van der Waals surface area contributed by atoms with Crippen LogP contribution >= 0.6 is 12.4 Å². The molecule has 7 nitrogen and oxygen atoms in total. The van der Waals surface area contributed by atoms with Gasteiger partial charge in [-0.05, 0) is 44.0 Å². The lowest BCUT2D eigenvalue weighted by atomic mass is 10.2. The zero-order chi connectivity index (χ0) is 17.6. The molecule has 25 heavy (non-hydrogen) atoms. The molecule has 0 saturated carbocycles. The Morgan fingerprint density at radius 1 is 1.00 bits per heavy atom. The standard InChI is InChI=1S/C15H25N3O4S2.ClH/c16-9-6-10-17-23(19,20)14-7-5-8-15(13-14)24(21,22)18-11-3-1-2-4-12-18;/h5,7-8,13,17H,1-4,6,9-12,16H2;1H. The van der Waals surface area contributed by atoms with Gasteiger partial charge in [0.1, 0.15) is 0 Å². The molecule has 1 fully saturated rings. The average Bonchev–Trinajstić information content (AvgIpc) is 2.85. The van der Waals surface area contributed by atoms with Crippen LogP contribution in [0.25, 0.3) is 0 Å². The Labute approximate surface area is 156 Å². The Bertz CT molecular complexity index is 746. The van der Waals surface area contributed by atoms with Crippen molar-refractivity contribution >= 4 is 32.5 Å². The van der Waals surface area contributed by atoms with Crippen LogP contribution in [0.1, 0.15) is 32.1 Å². The first-order valence-corrected chi connectivity index (χ1v) is 11.1. The van der Waals surface area contributed by atoms with Crippen LogP contribution in [0.4, 0.5) is 0 Å². The second-order valence-corrected chi connectivity index (χ2v) is 9.54. The van der Waals surface area contributed by atoms with Gasteiger partial charge in [-0.25, -0.2) is 21.6 Å². The Kier molecular flexibility index (Phi) is 8.79. The Balaban J connectivity index is 0.00000312. The van der Waals surface area contributed by atoms with Gasteiger partial charge < -0.3 is 5.73 Å². The summed E-state index contributed by atoms with van der Waals surface area (Å²) < 4.78 is 53.9. The first kappa shape index (κ1) is 22.3. The highest BCUT2D eigenvalue weighted by molar-refractivity contribution is 7.90. The summed E-state index contributed by atoms with van der Waals surface area (Å²) in [4.78, 5) is -0.0264. The molecule has 2 rings (SSSR count). The van der Waals surface area contributed by atoms with Crippen molar-refractivity contribution in [2.75, 3.05) is 26.2 Å². The van der Waals surface area contributed by atoms with Crippen LogP contribution in [0, 0.1) is 0 Å². The fourth-order valence-electron chi connectivity index (χ4n) is 2.62. The summed E-state index contributed by atoms with van der Waals surface area (Å²) >= 11 is 0. The number of halogens is 1. The summed E-state index contributed by atoms with van der Waals surface area (Å²) in [6.45, 7) is 1.57. The average molecular weight is 412 g/mol. The molecule has 10 heteroatoms. The van der Waals surface area contributed by atoms with Crippen molar-refractivity contribution in [2.45, 2.75) is 41.9 Å². The molecule has 0 radical (unpaired) electrons. The minimum atomic E-state index is -3.74. The maximum atomic E-state index is 12.8. The third kappa shape index (κ3) is 5.90. The van der Waals surface area contributed by atoms with Crippen molar-refractivity contribution in [1.29, 1.82) is 0 Å². The second kappa shape index (κ2) is 9.84. The summed E-state index contributed by atoms with van der Waals surface area (Å²) in [5, 5.41) is 0. The highest BCUT2D eigenvalue weighted by Crippen LogP contribution is 2.22. The molecule has 144 valence electrons.